The van der Waals surface area contributed by atoms with E-state index in [-0.39, 0.29) is 5.41 Å². The molecule has 8 aromatic rings. The van der Waals surface area contributed by atoms with Gasteiger partial charge in [-0.2, -0.15) is 0 Å². The van der Waals surface area contributed by atoms with E-state index in [2.05, 4.69) is 145 Å². The van der Waals surface area contributed by atoms with Crippen molar-refractivity contribution in [3.63, 3.8) is 0 Å². The summed E-state index contributed by atoms with van der Waals surface area (Å²) in [6.45, 7) is 4.72. The van der Waals surface area contributed by atoms with Crippen molar-refractivity contribution >= 4 is 54.0 Å². The Bertz CT molecular complexity index is 2350. The lowest BCUT2D eigenvalue weighted by atomic mass is 9.82. The molecule has 9 rings (SSSR count). The number of hydrogen-bond donors (Lipinski definition) is 0. The Hall–Kier alpha value is -4.66. The van der Waals surface area contributed by atoms with Crippen LogP contribution in [0.1, 0.15) is 25.0 Å². The number of aromatic nitrogens is 1. The molecule has 0 spiro atoms. The van der Waals surface area contributed by atoms with Crippen molar-refractivity contribution in [3.8, 4) is 27.9 Å². The van der Waals surface area contributed by atoms with E-state index in [9.17, 15) is 0 Å². The largest absolute Gasteiger partial charge is 0.309 e. The maximum absolute atomic E-state index is 2.50. The molecule has 0 atom stereocenters. The van der Waals surface area contributed by atoms with Crippen LogP contribution >= 0.6 is 11.3 Å². The highest BCUT2D eigenvalue weighted by atomic mass is 32.1. The summed E-state index contributed by atoms with van der Waals surface area (Å²) in [6.07, 6.45) is 0. The predicted octanol–water partition coefficient (Wildman–Crippen LogP) is 11.1. The second-order valence-corrected chi connectivity index (χ2v) is 12.8. The standard InChI is InChI=1S/C39H27NS/c1-39(2)34-10-6-5-9-30(34)31-17-15-28(23-35(31)39)40-36-18-14-26(27-12-11-25-19-20-41-37(25)22-27)21-33(36)32-16-13-24-7-3-4-8-29(24)38(32)40/h3-23H,1-2H3. The van der Waals surface area contributed by atoms with Gasteiger partial charge in [0.15, 0.2) is 0 Å². The van der Waals surface area contributed by atoms with Crippen molar-refractivity contribution in [2.24, 2.45) is 0 Å². The van der Waals surface area contributed by atoms with E-state index in [0.29, 0.717) is 0 Å². The zero-order valence-corrected chi connectivity index (χ0v) is 23.8. The van der Waals surface area contributed by atoms with Gasteiger partial charge >= 0.3 is 0 Å². The minimum absolute atomic E-state index is 0.0453. The monoisotopic (exact) mass is 541 g/mol. The fourth-order valence-electron chi connectivity index (χ4n) is 7.19. The van der Waals surface area contributed by atoms with Crippen LogP contribution in [0.4, 0.5) is 0 Å². The average molecular weight is 542 g/mol. The van der Waals surface area contributed by atoms with Crippen LogP contribution in [0.5, 0.6) is 0 Å². The highest BCUT2D eigenvalue weighted by Crippen LogP contribution is 2.49. The molecule has 0 fully saturated rings. The molecule has 0 aliphatic heterocycles. The van der Waals surface area contributed by atoms with E-state index in [4.69, 9.17) is 0 Å². The van der Waals surface area contributed by atoms with Crippen molar-refractivity contribution < 1.29 is 0 Å². The van der Waals surface area contributed by atoms with Crippen LogP contribution in [0, 0.1) is 0 Å². The first-order chi connectivity index (χ1) is 20.1. The molecule has 194 valence electrons. The van der Waals surface area contributed by atoms with Crippen molar-refractivity contribution in [1.29, 1.82) is 0 Å². The Morgan fingerprint density at radius 2 is 1.34 bits per heavy atom. The van der Waals surface area contributed by atoms with Gasteiger partial charge < -0.3 is 4.57 Å². The minimum atomic E-state index is -0.0453. The SMILES string of the molecule is CC1(C)c2ccccc2-c2ccc(-n3c4ccc(-c5ccc6ccsc6c5)cc4c4ccc5ccccc5c43)cc21. The second kappa shape index (κ2) is 8.19. The average Bonchev–Trinajstić information content (AvgIpc) is 3.68. The highest BCUT2D eigenvalue weighted by molar-refractivity contribution is 7.17. The van der Waals surface area contributed by atoms with E-state index < -0.39 is 0 Å². The lowest BCUT2D eigenvalue weighted by Crippen LogP contribution is -2.15. The quantitative estimate of drug-likeness (QED) is 0.205. The summed E-state index contributed by atoms with van der Waals surface area (Å²) in [4.78, 5) is 0. The first-order valence-corrected chi connectivity index (χ1v) is 15.1. The number of nitrogens with zero attached hydrogens (tertiary/aromatic N) is 1. The second-order valence-electron chi connectivity index (χ2n) is 11.8. The Morgan fingerprint density at radius 3 is 2.29 bits per heavy atom. The fraction of sp³-hybridized carbons (Fsp3) is 0.0769. The Morgan fingerprint density at radius 1 is 0.561 bits per heavy atom. The molecule has 2 heteroatoms. The van der Waals surface area contributed by atoms with E-state index in [0.717, 1.165) is 0 Å². The molecule has 1 aliphatic rings. The topological polar surface area (TPSA) is 4.93 Å². The van der Waals surface area contributed by atoms with Crippen LogP contribution in [-0.4, -0.2) is 4.57 Å². The molecular formula is C39H27NS. The van der Waals surface area contributed by atoms with E-state index in [1.165, 1.54) is 81.7 Å². The molecule has 0 saturated heterocycles. The third-order valence-electron chi connectivity index (χ3n) is 9.27. The third kappa shape index (κ3) is 3.17. The van der Waals surface area contributed by atoms with Crippen molar-refractivity contribution in [1.82, 2.24) is 4.57 Å². The zero-order chi connectivity index (χ0) is 27.3. The molecule has 6 aromatic carbocycles. The van der Waals surface area contributed by atoms with E-state index >= 15 is 0 Å². The summed E-state index contributed by atoms with van der Waals surface area (Å²) in [5, 5.41) is 8.61. The van der Waals surface area contributed by atoms with Gasteiger partial charge in [-0.25, -0.2) is 0 Å². The summed E-state index contributed by atoms with van der Waals surface area (Å²) >= 11 is 1.81. The summed E-state index contributed by atoms with van der Waals surface area (Å²) in [7, 11) is 0. The molecule has 0 radical (unpaired) electrons. The van der Waals surface area contributed by atoms with E-state index in [1.54, 1.807) is 11.3 Å². The smallest absolute Gasteiger partial charge is 0.0619 e. The fourth-order valence-corrected chi connectivity index (χ4v) is 8.02. The molecule has 0 unspecified atom stereocenters. The van der Waals surface area contributed by atoms with Crippen LogP contribution in [-0.2, 0) is 5.41 Å². The van der Waals surface area contributed by atoms with Crippen LogP contribution in [0.25, 0.3) is 70.6 Å². The lowest BCUT2D eigenvalue weighted by molar-refractivity contribution is 0.660. The van der Waals surface area contributed by atoms with Crippen LogP contribution < -0.4 is 0 Å². The molecule has 0 saturated carbocycles. The molecular weight excluding hydrogens is 515 g/mol. The number of fused-ring (bicyclic) bond motifs is 9. The van der Waals surface area contributed by atoms with Gasteiger partial charge in [-0.05, 0) is 85.9 Å². The maximum Gasteiger partial charge on any atom is 0.0619 e. The lowest BCUT2D eigenvalue weighted by Gasteiger charge is -2.22. The summed E-state index contributed by atoms with van der Waals surface area (Å²) in [6, 6.07) is 45.4. The zero-order valence-electron chi connectivity index (χ0n) is 23.0. The highest BCUT2D eigenvalue weighted by Gasteiger charge is 2.35. The van der Waals surface area contributed by atoms with Crippen molar-refractivity contribution in [2.45, 2.75) is 19.3 Å². The molecule has 0 N–H and O–H groups in total. The van der Waals surface area contributed by atoms with Crippen molar-refractivity contribution in [2.75, 3.05) is 0 Å². The Balaban J connectivity index is 1.34. The van der Waals surface area contributed by atoms with E-state index in [1.807, 2.05) is 0 Å². The van der Waals surface area contributed by atoms with Gasteiger partial charge in [0, 0.05) is 32.0 Å². The van der Waals surface area contributed by atoms with Gasteiger partial charge in [-0.15, -0.1) is 11.3 Å². The van der Waals surface area contributed by atoms with Crippen molar-refractivity contribution in [3.05, 3.63) is 138 Å². The third-order valence-corrected chi connectivity index (χ3v) is 10.1. The number of rotatable bonds is 2. The molecule has 1 aliphatic carbocycles. The van der Waals surface area contributed by atoms with Gasteiger partial charge in [0.05, 0.1) is 11.0 Å². The summed E-state index contributed by atoms with van der Waals surface area (Å²) in [5.41, 5.74) is 11.7. The van der Waals surface area contributed by atoms with Crippen LogP contribution in [0.2, 0.25) is 0 Å². The Kier molecular flexibility index (Phi) is 4.61. The molecule has 0 bridgehead atoms. The number of benzene rings is 6. The van der Waals surface area contributed by atoms with Crippen LogP contribution in [0.3, 0.4) is 0 Å². The number of hydrogen-bond acceptors (Lipinski definition) is 1. The summed E-state index contributed by atoms with van der Waals surface area (Å²) in [5.74, 6) is 0. The summed E-state index contributed by atoms with van der Waals surface area (Å²) < 4.78 is 3.83. The number of thiophene rings is 1. The molecule has 2 aromatic heterocycles. The van der Waals surface area contributed by atoms with Crippen LogP contribution in [0.15, 0.2) is 127 Å². The normalized spacial score (nSPS) is 13.8. The van der Waals surface area contributed by atoms with Gasteiger partial charge in [-0.3, -0.25) is 0 Å². The van der Waals surface area contributed by atoms with Gasteiger partial charge in [0.25, 0.3) is 0 Å². The first kappa shape index (κ1) is 23.1. The van der Waals surface area contributed by atoms with Gasteiger partial charge in [-0.1, -0.05) is 98.8 Å². The van der Waals surface area contributed by atoms with Gasteiger partial charge in [0.2, 0.25) is 0 Å². The maximum atomic E-state index is 2.50. The molecule has 2 heterocycles. The predicted molar refractivity (Wildman–Crippen MR) is 177 cm³/mol. The molecule has 0 amide bonds. The molecule has 41 heavy (non-hydrogen) atoms. The minimum Gasteiger partial charge on any atom is -0.309 e. The molecule has 1 nitrogen and oxygen atoms in total. The Labute approximate surface area is 242 Å². The van der Waals surface area contributed by atoms with Gasteiger partial charge in [0.1, 0.15) is 0 Å². The first-order valence-electron chi connectivity index (χ1n) is 14.3.